The molecule has 3 rings (SSSR count). The molecule has 0 radical (unpaired) electrons. The Bertz CT molecular complexity index is 971. The second kappa shape index (κ2) is 7.39. The second-order valence-corrected chi connectivity index (χ2v) is 6.78. The van der Waals surface area contributed by atoms with Gasteiger partial charge in [-0.25, -0.2) is 0 Å². The molecule has 26 heavy (non-hydrogen) atoms. The minimum atomic E-state index is -0.751. The summed E-state index contributed by atoms with van der Waals surface area (Å²) in [7, 11) is 0. The van der Waals surface area contributed by atoms with Crippen LogP contribution in [0.3, 0.4) is 0 Å². The number of phenols is 1. The maximum absolute atomic E-state index is 12.2. The fourth-order valence-electron chi connectivity index (χ4n) is 2.81. The van der Waals surface area contributed by atoms with Crippen LogP contribution in [0.15, 0.2) is 32.0 Å². The third kappa shape index (κ3) is 3.54. The van der Waals surface area contributed by atoms with Gasteiger partial charge in [0.1, 0.15) is 29.6 Å². The molecule has 7 heteroatoms. The number of aliphatic hydroxyl groups is 1. The van der Waals surface area contributed by atoms with E-state index < -0.39 is 6.10 Å². The summed E-state index contributed by atoms with van der Waals surface area (Å²) >= 11 is 0. The van der Waals surface area contributed by atoms with Gasteiger partial charge in [0.15, 0.2) is 16.6 Å². The van der Waals surface area contributed by atoms with Crippen molar-refractivity contribution in [2.75, 3.05) is 19.7 Å². The molecular weight excluding hydrogens is 338 g/mol. The van der Waals surface area contributed by atoms with E-state index in [1.54, 1.807) is 13.0 Å². The number of benzene rings is 1. The first-order chi connectivity index (χ1) is 12.4. The lowest BCUT2D eigenvalue weighted by molar-refractivity contribution is 0.106. The molecule has 7 nitrogen and oxygen atoms in total. The van der Waals surface area contributed by atoms with E-state index in [1.165, 1.54) is 12.3 Å². The summed E-state index contributed by atoms with van der Waals surface area (Å²) < 4.78 is 16.8. The maximum Gasteiger partial charge on any atom is 0.206 e. The molecule has 0 spiro atoms. The zero-order chi connectivity index (χ0) is 18.8. The molecule has 0 amide bonds. The number of aryl methyl sites for hydroxylation is 1. The Labute approximate surface area is 150 Å². The molecule has 0 aliphatic rings. The number of furan rings is 1. The Balaban J connectivity index is 1.95. The number of aromatic hydroxyl groups is 1. The summed E-state index contributed by atoms with van der Waals surface area (Å²) in [5.41, 5.74) is -0.00289. The molecule has 1 atom stereocenters. The Morgan fingerprint density at radius 1 is 1.27 bits per heavy atom. The first-order valence-electron chi connectivity index (χ1n) is 8.56. The number of hydrogen-bond acceptors (Lipinski definition) is 7. The van der Waals surface area contributed by atoms with Gasteiger partial charge < -0.3 is 29.1 Å². The maximum atomic E-state index is 12.2. The van der Waals surface area contributed by atoms with Crippen molar-refractivity contribution >= 4 is 21.9 Å². The molecule has 140 valence electrons. The van der Waals surface area contributed by atoms with Gasteiger partial charge in [0.25, 0.3) is 0 Å². The second-order valence-electron chi connectivity index (χ2n) is 6.78. The average Bonchev–Trinajstić information content (AvgIpc) is 2.96. The molecule has 2 aromatic heterocycles. The molecule has 1 aromatic carbocycles. The number of nitrogens with one attached hydrogen (secondary N) is 1. The highest BCUT2D eigenvalue weighted by Crippen LogP contribution is 2.42. The van der Waals surface area contributed by atoms with E-state index in [4.69, 9.17) is 13.6 Å². The summed E-state index contributed by atoms with van der Waals surface area (Å²) in [5.74, 6) is 1.03. The lowest BCUT2D eigenvalue weighted by Gasteiger charge is -2.15. The molecule has 0 aliphatic heterocycles. The van der Waals surface area contributed by atoms with Crippen LogP contribution in [-0.4, -0.2) is 36.0 Å². The van der Waals surface area contributed by atoms with Crippen molar-refractivity contribution < 1.29 is 23.8 Å². The van der Waals surface area contributed by atoms with Crippen molar-refractivity contribution in [2.24, 2.45) is 5.92 Å². The highest BCUT2D eigenvalue weighted by molar-refractivity contribution is 6.06. The van der Waals surface area contributed by atoms with Crippen molar-refractivity contribution in [1.82, 2.24) is 5.32 Å². The highest BCUT2D eigenvalue weighted by atomic mass is 16.5. The van der Waals surface area contributed by atoms with Crippen LogP contribution in [0.2, 0.25) is 0 Å². The Hall–Kier alpha value is -2.51. The molecule has 0 aliphatic carbocycles. The van der Waals surface area contributed by atoms with Gasteiger partial charge in [0.05, 0.1) is 11.6 Å². The highest BCUT2D eigenvalue weighted by Gasteiger charge is 2.22. The van der Waals surface area contributed by atoms with Crippen LogP contribution in [0.25, 0.3) is 21.9 Å². The van der Waals surface area contributed by atoms with E-state index in [0.29, 0.717) is 23.6 Å². The lowest BCUT2D eigenvalue weighted by Crippen LogP contribution is -2.33. The van der Waals surface area contributed by atoms with E-state index >= 15 is 0 Å². The van der Waals surface area contributed by atoms with Crippen LogP contribution in [0.5, 0.6) is 11.5 Å². The van der Waals surface area contributed by atoms with E-state index in [-0.39, 0.29) is 40.1 Å². The van der Waals surface area contributed by atoms with Crippen molar-refractivity contribution in [3.8, 4) is 11.5 Å². The topological polar surface area (TPSA) is 105 Å². The summed E-state index contributed by atoms with van der Waals surface area (Å²) in [5, 5.41) is 24.1. The van der Waals surface area contributed by atoms with Crippen molar-refractivity contribution in [1.29, 1.82) is 0 Å². The quantitative estimate of drug-likeness (QED) is 0.594. The number of hydrogen-bond donors (Lipinski definition) is 3. The van der Waals surface area contributed by atoms with Gasteiger partial charge in [0, 0.05) is 12.6 Å². The Kier molecular flexibility index (Phi) is 5.20. The molecule has 2 heterocycles. The van der Waals surface area contributed by atoms with Crippen LogP contribution in [0.4, 0.5) is 0 Å². The van der Waals surface area contributed by atoms with Gasteiger partial charge in [-0.15, -0.1) is 0 Å². The normalized spacial score (nSPS) is 13.0. The fraction of sp³-hybridized carbons (Fsp3) is 0.421. The van der Waals surface area contributed by atoms with Crippen molar-refractivity contribution in [3.63, 3.8) is 0 Å². The zero-order valence-electron chi connectivity index (χ0n) is 15.0. The molecule has 3 N–H and O–H groups in total. The van der Waals surface area contributed by atoms with E-state index in [9.17, 15) is 15.0 Å². The third-order valence-corrected chi connectivity index (χ3v) is 3.99. The standard InChI is InChI=1S/C19H23NO6/c1-10(2)7-20-8-12(21)9-25-19-17-13(6-11(3)26-17)16(23)15-14(22)4-5-24-18(15)19/h4-6,10,12,20-21,23H,7-9H2,1-3H3. The largest absolute Gasteiger partial charge is 0.506 e. The first-order valence-corrected chi connectivity index (χ1v) is 8.56. The summed E-state index contributed by atoms with van der Waals surface area (Å²) in [6, 6.07) is 2.86. The van der Waals surface area contributed by atoms with Crippen molar-refractivity contribution in [3.05, 3.63) is 34.4 Å². The van der Waals surface area contributed by atoms with Crippen LogP contribution in [-0.2, 0) is 0 Å². The molecular formula is C19H23NO6. The smallest absolute Gasteiger partial charge is 0.206 e. The number of phenolic OH excluding ortho intramolecular Hbond substituents is 1. The number of aliphatic hydroxyl groups excluding tert-OH is 1. The minimum absolute atomic E-state index is 0.0155. The summed E-state index contributed by atoms with van der Waals surface area (Å²) in [6.45, 7) is 7.04. The van der Waals surface area contributed by atoms with Gasteiger partial charge in [-0.3, -0.25) is 4.79 Å². The minimum Gasteiger partial charge on any atom is -0.506 e. The van der Waals surface area contributed by atoms with Gasteiger partial charge in [-0.1, -0.05) is 13.8 Å². The van der Waals surface area contributed by atoms with Gasteiger partial charge in [0.2, 0.25) is 5.75 Å². The van der Waals surface area contributed by atoms with Crippen LogP contribution in [0.1, 0.15) is 19.6 Å². The fourth-order valence-corrected chi connectivity index (χ4v) is 2.81. The number of fused-ring (bicyclic) bond motifs is 2. The van der Waals surface area contributed by atoms with Gasteiger partial charge >= 0.3 is 0 Å². The Morgan fingerprint density at radius 3 is 2.77 bits per heavy atom. The molecule has 3 aromatic rings. The Morgan fingerprint density at radius 2 is 2.04 bits per heavy atom. The van der Waals surface area contributed by atoms with Crippen molar-refractivity contribution in [2.45, 2.75) is 26.9 Å². The number of rotatable bonds is 7. The van der Waals surface area contributed by atoms with E-state index in [2.05, 4.69) is 19.2 Å². The average molecular weight is 361 g/mol. The monoisotopic (exact) mass is 361 g/mol. The predicted molar refractivity (Wildman–Crippen MR) is 97.9 cm³/mol. The molecule has 1 unspecified atom stereocenters. The van der Waals surface area contributed by atoms with Crippen LogP contribution in [0, 0.1) is 12.8 Å². The van der Waals surface area contributed by atoms with Crippen LogP contribution < -0.4 is 15.5 Å². The molecule has 0 fully saturated rings. The molecule has 0 saturated heterocycles. The van der Waals surface area contributed by atoms with Gasteiger partial charge in [-0.2, -0.15) is 0 Å². The zero-order valence-corrected chi connectivity index (χ0v) is 15.0. The van der Waals surface area contributed by atoms with E-state index in [1.807, 2.05) is 0 Å². The van der Waals surface area contributed by atoms with Crippen LogP contribution >= 0.6 is 0 Å². The predicted octanol–water partition coefficient (Wildman–Crippen LogP) is 2.54. The van der Waals surface area contributed by atoms with E-state index in [0.717, 1.165) is 6.54 Å². The summed E-state index contributed by atoms with van der Waals surface area (Å²) in [6.07, 6.45) is 0.485. The summed E-state index contributed by atoms with van der Waals surface area (Å²) in [4.78, 5) is 12.2. The third-order valence-electron chi connectivity index (χ3n) is 3.99. The molecule has 0 saturated carbocycles. The first kappa shape index (κ1) is 18.3. The molecule has 0 bridgehead atoms. The van der Waals surface area contributed by atoms with Gasteiger partial charge in [-0.05, 0) is 25.5 Å². The SMILES string of the molecule is Cc1cc2c(O)c3c(=O)ccoc3c(OCC(O)CNCC(C)C)c2o1. The number of ether oxygens (including phenoxy) is 1. The lowest BCUT2D eigenvalue weighted by atomic mass is 10.1.